The van der Waals surface area contributed by atoms with Crippen LogP contribution in [0.1, 0.15) is 34.2 Å². The Morgan fingerprint density at radius 1 is 0.778 bits per heavy atom. The number of phenolic OH excluding ortho intramolecular Hbond substituents is 7. The predicted octanol–water partition coefficient (Wildman–Crippen LogP) is 5.03. The minimum absolute atomic E-state index is 0.0000381. The van der Waals surface area contributed by atoms with Crippen LogP contribution in [-0.2, 0) is 27.2 Å². The van der Waals surface area contributed by atoms with E-state index in [0.717, 1.165) is 12.1 Å². The van der Waals surface area contributed by atoms with E-state index in [1.807, 2.05) is 0 Å². The summed E-state index contributed by atoms with van der Waals surface area (Å²) in [6.07, 6.45) is 2.70. The molecule has 230 valence electrons. The number of aromatic hydroxyl groups is 7. The molecule has 0 bridgehead atoms. The van der Waals surface area contributed by atoms with E-state index in [1.54, 1.807) is 18.2 Å². The number of carboxylic acids is 1. The van der Waals surface area contributed by atoms with E-state index in [1.165, 1.54) is 48.5 Å². The van der Waals surface area contributed by atoms with Crippen LogP contribution in [0.2, 0.25) is 0 Å². The first-order chi connectivity index (χ1) is 21.4. The van der Waals surface area contributed by atoms with Gasteiger partial charge in [-0.05, 0) is 100 Å². The van der Waals surface area contributed by atoms with Crippen molar-refractivity contribution in [2.45, 2.75) is 25.4 Å². The second-order valence-corrected chi connectivity index (χ2v) is 10.5. The number of esters is 1. The molecule has 4 aromatic rings. The Morgan fingerprint density at radius 2 is 1.49 bits per heavy atom. The summed E-state index contributed by atoms with van der Waals surface area (Å²) in [5.41, 5.74) is 3.74. The fraction of sp³-hybridized carbons (Fsp3) is 0.118. The second-order valence-electron chi connectivity index (χ2n) is 10.5. The maximum atomic E-state index is 12.7. The molecule has 0 unspecified atom stereocenters. The van der Waals surface area contributed by atoms with E-state index in [0.29, 0.717) is 50.9 Å². The minimum atomic E-state index is -1.61. The molecule has 5 rings (SSSR count). The summed E-state index contributed by atoms with van der Waals surface area (Å²) >= 11 is 0. The summed E-state index contributed by atoms with van der Waals surface area (Å²) in [6.45, 7) is 0. The van der Waals surface area contributed by atoms with Gasteiger partial charge in [-0.3, -0.25) is 0 Å². The van der Waals surface area contributed by atoms with Gasteiger partial charge in [0.15, 0.2) is 34.5 Å². The number of carbonyl (C=O) groups is 2. The van der Waals surface area contributed by atoms with Crippen molar-refractivity contribution in [2.75, 3.05) is 0 Å². The van der Waals surface area contributed by atoms with Crippen LogP contribution in [0.5, 0.6) is 40.2 Å². The highest BCUT2D eigenvalue weighted by Crippen LogP contribution is 2.45. The predicted molar refractivity (Wildman–Crippen MR) is 163 cm³/mol. The largest absolute Gasteiger partial charge is 0.508 e. The zero-order valence-corrected chi connectivity index (χ0v) is 23.5. The lowest BCUT2D eigenvalue weighted by Gasteiger charge is -2.22. The van der Waals surface area contributed by atoms with Gasteiger partial charge in [0.2, 0.25) is 6.10 Å². The van der Waals surface area contributed by atoms with Gasteiger partial charge >= 0.3 is 11.9 Å². The number of allylic oxidation sites excluding steroid dienone is 1. The Hall–Kier alpha value is -6.10. The first-order valence-corrected chi connectivity index (χ1v) is 13.7. The maximum Gasteiger partial charge on any atom is 0.345 e. The monoisotopic (exact) mass is 612 g/mol. The molecule has 0 aliphatic heterocycles. The molecule has 0 saturated carbocycles. The molecule has 0 saturated heterocycles. The van der Waals surface area contributed by atoms with E-state index in [9.17, 15) is 50.4 Å². The summed E-state index contributed by atoms with van der Waals surface area (Å²) in [5, 5.41) is 80.4. The van der Waals surface area contributed by atoms with Crippen LogP contribution in [0.3, 0.4) is 0 Å². The highest BCUT2D eigenvalue weighted by Gasteiger charge is 2.25. The number of carbonyl (C=O) groups excluding carboxylic acids is 1. The Labute approximate surface area is 256 Å². The van der Waals surface area contributed by atoms with Crippen molar-refractivity contribution in [3.05, 3.63) is 94.6 Å². The lowest BCUT2D eigenvalue weighted by atomic mass is 9.83. The molecule has 0 fully saturated rings. The third kappa shape index (κ3) is 6.47. The molecule has 45 heavy (non-hydrogen) atoms. The molecule has 11 heteroatoms. The summed E-state index contributed by atoms with van der Waals surface area (Å²) in [5.74, 6) is -4.79. The van der Waals surface area contributed by atoms with Crippen LogP contribution in [-0.4, -0.2) is 58.9 Å². The third-order valence-corrected chi connectivity index (χ3v) is 7.43. The number of fused-ring (bicyclic) bond motifs is 1. The zero-order chi connectivity index (χ0) is 32.4. The average Bonchev–Trinajstić information content (AvgIpc) is 3.00. The fourth-order valence-corrected chi connectivity index (χ4v) is 5.21. The summed E-state index contributed by atoms with van der Waals surface area (Å²) in [6, 6.07) is 14.1. The number of ether oxygens (including phenoxy) is 1. The van der Waals surface area contributed by atoms with Crippen molar-refractivity contribution < 1.29 is 55.2 Å². The molecular formula is C34H28O11. The van der Waals surface area contributed by atoms with E-state index in [4.69, 9.17) is 4.74 Å². The van der Waals surface area contributed by atoms with E-state index in [2.05, 4.69) is 0 Å². The molecule has 0 amide bonds. The van der Waals surface area contributed by atoms with Crippen molar-refractivity contribution >= 4 is 29.7 Å². The van der Waals surface area contributed by atoms with Crippen LogP contribution < -0.4 is 0 Å². The Balaban J connectivity index is 1.48. The molecule has 0 spiro atoms. The number of carboxylic acid groups (broad SMARTS) is 1. The van der Waals surface area contributed by atoms with Gasteiger partial charge in [0.05, 0.1) is 0 Å². The third-order valence-electron chi connectivity index (χ3n) is 7.43. The molecular weight excluding hydrogens is 584 g/mol. The molecule has 0 aromatic heterocycles. The van der Waals surface area contributed by atoms with Gasteiger partial charge in [-0.2, -0.15) is 0 Å². The molecule has 4 aromatic carbocycles. The number of aliphatic carboxylic acids is 1. The Morgan fingerprint density at radius 3 is 2.18 bits per heavy atom. The van der Waals surface area contributed by atoms with Crippen LogP contribution in [0.15, 0.2) is 66.7 Å². The summed E-state index contributed by atoms with van der Waals surface area (Å²) < 4.78 is 5.13. The quantitative estimate of drug-likeness (QED) is 0.0752. The van der Waals surface area contributed by atoms with Gasteiger partial charge in [0.25, 0.3) is 0 Å². The lowest BCUT2D eigenvalue weighted by Crippen LogP contribution is -2.28. The molecule has 1 atom stereocenters. The highest BCUT2D eigenvalue weighted by atomic mass is 16.6. The second kappa shape index (κ2) is 12.3. The number of hydrogen-bond acceptors (Lipinski definition) is 10. The van der Waals surface area contributed by atoms with Crippen LogP contribution >= 0.6 is 0 Å². The molecule has 0 radical (unpaired) electrons. The Kier molecular flexibility index (Phi) is 8.27. The van der Waals surface area contributed by atoms with Crippen molar-refractivity contribution in [1.82, 2.24) is 0 Å². The molecule has 1 aliphatic rings. The molecule has 8 N–H and O–H groups in total. The normalized spacial score (nSPS) is 13.2. The minimum Gasteiger partial charge on any atom is -0.508 e. The SMILES string of the molecule is O=C(/C=C/c1cc(O)c(O)c2c1C=C(c1cc(O)c(O)cc1-c1cccc(O)c1)CC2)O[C@H](Cc1ccc(O)c(O)c1)C(=O)O. The Bertz CT molecular complexity index is 1890. The van der Waals surface area contributed by atoms with Crippen LogP contribution in [0.25, 0.3) is 28.9 Å². The van der Waals surface area contributed by atoms with Gasteiger partial charge in [-0.15, -0.1) is 0 Å². The smallest absolute Gasteiger partial charge is 0.345 e. The molecule has 11 nitrogen and oxygen atoms in total. The van der Waals surface area contributed by atoms with Crippen molar-refractivity contribution in [2.24, 2.45) is 0 Å². The number of phenols is 7. The van der Waals surface area contributed by atoms with E-state index in [-0.39, 0.29) is 41.6 Å². The van der Waals surface area contributed by atoms with Crippen molar-refractivity contribution in [3.8, 4) is 51.4 Å². The summed E-state index contributed by atoms with van der Waals surface area (Å²) in [7, 11) is 0. The van der Waals surface area contributed by atoms with Gasteiger partial charge in [-0.25, -0.2) is 9.59 Å². The van der Waals surface area contributed by atoms with Gasteiger partial charge in [0.1, 0.15) is 5.75 Å². The highest BCUT2D eigenvalue weighted by molar-refractivity contribution is 5.96. The topological polar surface area (TPSA) is 205 Å². The first-order valence-electron chi connectivity index (χ1n) is 13.7. The number of benzene rings is 4. The maximum absolute atomic E-state index is 12.7. The zero-order valence-electron chi connectivity index (χ0n) is 23.5. The number of hydrogen-bond donors (Lipinski definition) is 8. The van der Waals surface area contributed by atoms with Crippen LogP contribution in [0.4, 0.5) is 0 Å². The number of rotatable bonds is 8. The van der Waals surface area contributed by atoms with Gasteiger partial charge in [0, 0.05) is 18.1 Å². The van der Waals surface area contributed by atoms with Gasteiger partial charge < -0.3 is 45.6 Å². The lowest BCUT2D eigenvalue weighted by molar-refractivity contribution is -0.160. The standard InChI is InChI=1S/C34H28O11/c35-21-3-1-2-18(12-21)24-15-28(38)29(39)16-25(24)19-5-7-22-23(13-19)20(14-30(40)33(22)42)6-9-32(41)45-31(34(43)44)11-17-4-8-26(36)27(37)10-17/h1-4,6,8-10,12-16,31,35-40,42H,5,7,11H2,(H,43,44)/b9-6+/t31-/m1/s1. The fourth-order valence-electron chi connectivity index (χ4n) is 5.21. The van der Waals surface area contributed by atoms with Crippen LogP contribution in [0, 0.1) is 0 Å². The molecule has 0 heterocycles. The summed E-state index contributed by atoms with van der Waals surface area (Å²) in [4.78, 5) is 24.5. The average molecular weight is 613 g/mol. The van der Waals surface area contributed by atoms with E-state index < -0.39 is 29.5 Å². The van der Waals surface area contributed by atoms with Crippen molar-refractivity contribution in [3.63, 3.8) is 0 Å². The molecule has 1 aliphatic carbocycles. The van der Waals surface area contributed by atoms with Crippen molar-refractivity contribution in [1.29, 1.82) is 0 Å². The van der Waals surface area contributed by atoms with E-state index >= 15 is 0 Å². The van der Waals surface area contributed by atoms with Gasteiger partial charge in [-0.1, -0.05) is 24.3 Å². The first kappa shape index (κ1) is 30.4.